The van der Waals surface area contributed by atoms with E-state index >= 15 is 0 Å². The van der Waals surface area contributed by atoms with Crippen LogP contribution in [0.4, 0.5) is 17.1 Å². The zero-order valence-corrected chi connectivity index (χ0v) is 27.9. The minimum Gasteiger partial charge on any atom is -0.319 e. The molecule has 4 aromatic carbocycles. The summed E-state index contributed by atoms with van der Waals surface area (Å²) < 4.78 is 2.24. The van der Waals surface area contributed by atoms with Crippen LogP contribution < -0.4 is 10.1 Å². The van der Waals surface area contributed by atoms with Crippen molar-refractivity contribution in [3.05, 3.63) is 115 Å². The van der Waals surface area contributed by atoms with Crippen molar-refractivity contribution in [2.24, 2.45) is 0 Å². The van der Waals surface area contributed by atoms with E-state index in [-0.39, 0.29) is 26.6 Å². The maximum Gasteiger partial charge on any atom is 0.145 e. The quantitative estimate of drug-likeness (QED) is 0.130. The summed E-state index contributed by atoms with van der Waals surface area (Å²) in [6.45, 7) is 10.9. The molecule has 1 N–H and O–H groups in total. The summed E-state index contributed by atoms with van der Waals surface area (Å²) in [6, 6.07) is 39.1. The van der Waals surface area contributed by atoms with Crippen molar-refractivity contribution in [3.63, 3.8) is 0 Å². The van der Waals surface area contributed by atoms with Gasteiger partial charge in [-0.15, -0.1) is 55.3 Å². The van der Waals surface area contributed by atoms with Crippen LogP contribution in [-0.4, -0.2) is 20.0 Å². The minimum absolute atomic E-state index is 0. The zero-order valence-electron chi connectivity index (χ0n) is 24.8. The Morgan fingerprint density at radius 2 is 1.53 bits per heavy atom. The van der Waals surface area contributed by atoms with E-state index in [9.17, 15) is 0 Å². The molecule has 0 radical (unpaired) electrons. The number of pyridine rings is 1. The average Bonchev–Trinajstić information content (AvgIpc) is 3.54. The van der Waals surface area contributed by atoms with E-state index in [1.54, 1.807) is 11.8 Å². The van der Waals surface area contributed by atoms with Crippen molar-refractivity contribution in [1.82, 2.24) is 9.55 Å². The van der Waals surface area contributed by atoms with E-state index in [2.05, 4.69) is 147 Å². The maximum absolute atomic E-state index is 4.98. The molecule has 0 unspecified atom stereocenters. The van der Waals surface area contributed by atoms with Crippen LogP contribution in [0, 0.1) is 12.1 Å². The molecule has 5 nitrogen and oxygen atoms in total. The standard InChI is InChI=1S/C36H32N4OS.Pt/c1-24(2)25-19-20-37-35(21-25)38-31-14-7-6-13-29(31)30-18-17-28(23-34(30)38)42-27-12-10-11-26(22-27)39-32-15-8-9-16-33(32)40(41-39)36(3,4)5;/h6-21,24H,1-5H3;/q-2;/p+1. The number of fused-ring (bicyclic) bond motifs is 4. The summed E-state index contributed by atoms with van der Waals surface area (Å²) in [4.78, 5) is 11.8. The zero-order chi connectivity index (χ0) is 29.0. The van der Waals surface area contributed by atoms with E-state index in [1.165, 1.54) is 16.3 Å². The summed E-state index contributed by atoms with van der Waals surface area (Å²) in [7, 11) is 0. The van der Waals surface area contributed by atoms with Crippen LogP contribution in [-0.2, 0) is 21.1 Å². The summed E-state index contributed by atoms with van der Waals surface area (Å²) in [6.07, 6.45) is 1.91. The van der Waals surface area contributed by atoms with Crippen LogP contribution in [0.2, 0.25) is 0 Å². The van der Waals surface area contributed by atoms with Gasteiger partial charge < -0.3 is 4.57 Å². The Labute approximate surface area is 271 Å². The second kappa shape index (κ2) is 11.5. The Kier molecular flexibility index (Phi) is 7.89. The first-order valence-corrected chi connectivity index (χ1v) is 15.1. The van der Waals surface area contributed by atoms with Gasteiger partial charge in [-0.25, -0.2) is 4.98 Å². The molecule has 0 spiro atoms. The first kappa shape index (κ1) is 29.5. The number of aromatic nitrogens is 2. The number of hydrogen-bond donors (Lipinski definition) is 0. The molecule has 7 heteroatoms. The third-order valence-corrected chi connectivity index (χ3v) is 8.49. The van der Waals surface area contributed by atoms with Crippen molar-refractivity contribution >= 4 is 50.6 Å². The molecule has 2 aromatic heterocycles. The number of rotatable bonds is 5. The molecule has 0 aliphatic carbocycles. The number of anilines is 3. The Morgan fingerprint density at radius 3 is 2.33 bits per heavy atom. The van der Waals surface area contributed by atoms with Gasteiger partial charge in [0, 0.05) is 38.5 Å². The predicted octanol–water partition coefficient (Wildman–Crippen LogP) is 9.65. The predicted molar refractivity (Wildman–Crippen MR) is 174 cm³/mol. The second-order valence-corrected chi connectivity index (χ2v) is 13.0. The maximum atomic E-state index is 4.98. The molecule has 0 saturated heterocycles. The van der Waals surface area contributed by atoms with Gasteiger partial charge in [0.25, 0.3) is 0 Å². The van der Waals surface area contributed by atoms with Crippen molar-refractivity contribution in [3.8, 4) is 5.82 Å². The fraction of sp³-hybridized carbons (Fsp3) is 0.194. The molecular weight excluding hydrogens is 732 g/mol. The number of hydroxylamine groups is 1. The monoisotopic (exact) mass is 764 g/mol. The van der Waals surface area contributed by atoms with E-state index < -0.39 is 0 Å². The largest absolute Gasteiger partial charge is 0.319 e. The molecule has 43 heavy (non-hydrogen) atoms. The van der Waals surface area contributed by atoms with Gasteiger partial charge in [0.2, 0.25) is 0 Å². The van der Waals surface area contributed by atoms with Crippen LogP contribution in [0.5, 0.6) is 0 Å². The molecular formula is C36H33N4OPtS-. The van der Waals surface area contributed by atoms with E-state index in [0.717, 1.165) is 43.7 Å². The van der Waals surface area contributed by atoms with Gasteiger partial charge >= 0.3 is 0 Å². The Bertz CT molecular complexity index is 1940. The van der Waals surface area contributed by atoms with Gasteiger partial charge in [-0.1, -0.05) is 49.7 Å². The summed E-state index contributed by atoms with van der Waals surface area (Å²) >= 11 is 1.66. The summed E-state index contributed by atoms with van der Waals surface area (Å²) in [5.74, 6) is 1.33. The van der Waals surface area contributed by atoms with E-state index in [4.69, 9.17) is 9.92 Å². The normalized spacial score (nSPS) is 13.2. The SMILES string of the molecule is CC(C)c1ccnc(-n2c3[c-]c(Sc4[c-]c(N5[OH+]N(C(C)(C)C)c6ccccc65)ccc4)ccc3c3ccccc32)c1.[Pt]. The van der Waals surface area contributed by atoms with Crippen LogP contribution >= 0.6 is 11.8 Å². The van der Waals surface area contributed by atoms with Crippen molar-refractivity contribution in [2.75, 3.05) is 10.1 Å². The second-order valence-electron chi connectivity index (χ2n) is 11.9. The Hall–Kier alpha value is -3.57. The van der Waals surface area contributed by atoms with Crippen LogP contribution in [0.15, 0.2) is 107 Å². The van der Waals surface area contributed by atoms with E-state index in [1.807, 2.05) is 11.3 Å². The molecule has 1 aliphatic heterocycles. The van der Waals surface area contributed by atoms with Crippen LogP contribution in [0.3, 0.4) is 0 Å². The van der Waals surface area contributed by atoms with Gasteiger partial charge in [-0.3, -0.25) is 0 Å². The van der Waals surface area contributed by atoms with Crippen LogP contribution in [0.1, 0.15) is 46.1 Å². The molecule has 220 valence electrons. The first-order valence-electron chi connectivity index (χ1n) is 14.3. The van der Waals surface area contributed by atoms with Gasteiger partial charge in [0.15, 0.2) is 0 Å². The molecule has 1 aliphatic rings. The molecule has 0 saturated carbocycles. The van der Waals surface area contributed by atoms with Crippen molar-refractivity contribution in [1.29, 1.82) is 0 Å². The fourth-order valence-electron chi connectivity index (χ4n) is 5.51. The van der Waals surface area contributed by atoms with Gasteiger partial charge in [-0.05, 0) is 68.0 Å². The summed E-state index contributed by atoms with van der Waals surface area (Å²) in [5.41, 5.74) is 6.33. The third-order valence-electron chi connectivity index (χ3n) is 7.58. The minimum atomic E-state index is -0.149. The molecule has 0 fully saturated rings. The van der Waals surface area contributed by atoms with Crippen LogP contribution in [0.25, 0.3) is 27.6 Å². The number of nitrogens with zero attached hydrogens (tertiary/aromatic N) is 4. The fourth-order valence-corrected chi connectivity index (χ4v) is 6.33. The molecule has 0 atom stereocenters. The van der Waals surface area contributed by atoms with Crippen molar-refractivity contribution in [2.45, 2.75) is 55.9 Å². The molecule has 7 rings (SSSR count). The number of hydrogen-bond acceptors (Lipinski definition) is 4. The third kappa shape index (κ3) is 5.37. The molecule has 0 bridgehead atoms. The van der Waals surface area contributed by atoms with Gasteiger partial charge in [-0.2, -0.15) is 29.2 Å². The average molecular weight is 765 g/mol. The molecule has 3 heterocycles. The number of benzene rings is 4. The van der Waals surface area contributed by atoms with Gasteiger partial charge in [0.05, 0.1) is 0 Å². The molecule has 6 aromatic rings. The van der Waals surface area contributed by atoms with Gasteiger partial charge in [0.1, 0.15) is 22.7 Å². The molecule has 0 amide bonds. The Balaban J connectivity index is 0.00000329. The first-order chi connectivity index (χ1) is 20.3. The smallest absolute Gasteiger partial charge is 0.145 e. The van der Waals surface area contributed by atoms with E-state index in [0.29, 0.717) is 5.92 Å². The summed E-state index contributed by atoms with van der Waals surface area (Å²) in [5, 5.41) is 6.43. The number of para-hydroxylation sites is 3. The van der Waals surface area contributed by atoms with Crippen molar-refractivity contribution < 1.29 is 26.0 Å². The Morgan fingerprint density at radius 1 is 0.791 bits per heavy atom. The topological polar surface area (TPSA) is 37.1 Å².